The number of nitrogens with zero attached hydrogens (tertiary/aromatic N) is 4. The standard InChI is InChI=1S/C12H11N5O/c1-7-3-4-13-10(5-7)17-11-9(6-14-17)12(18)16-8(2)15-11/h3-6H,1-2H3,(H,15,16,18). The van der Waals surface area contributed by atoms with Crippen molar-refractivity contribution >= 4 is 11.0 Å². The van der Waals surface area contributed by atoms with Crippen molar-refractivity contribution < 1.29 is 0 Å². The van der Waals surface area contributed by atoms with Crippen LogP contribution in [-0.2, 0) is 0 Å². The molecule has 0 unspecified atom stereocenters. The predicted octanol–water partition coefficient (Wildman–Crippen LogP) is 1.12. The molecule has 0 aliphatic heterocycles. The first-order chi connectivity index (χ1) is 8.65. The van der Waals surface area contributed by atoms with E-state index in [2.05, 4.69) is 20.1 Å². The van der Waals surface area contributed by atoms with Crippen molar-refractivity contribution in [3.05, 3.63) is 46.3 Å². The summed E-state index contributed by atoms with van der Waals surface area (Å²) in [5, 5.41) is 4.64. The minimum Gasteiger partial charge on any atom is -0.310 e. The Morgan fingerprint density at radius 3 is 2.94 bits per heavy atom. The molecule has 3 rings (SSSR count). The van der Waals surface area contributed by atoms with Crippen LogP contribution in [0.25, 0.3) is 16.9 Å². The number of nitrogens with one attached hydrogen (secondary N) is 1. The zero-order chi connectivity index (χ0) is 12.7. The lowest BCUT2D eigenvalue weighted by Gasteiger charge is -2.02. The summed E-state index contributed by atoms with van der Waals surface area (Å²) in [7, 11) is 0. The molecule has 3 aromatic rings. The topological polar surface area (TPSA) is 76.5 Å². The van der Waals surface area contributed by atoms with E-state index in [1.807, 2.05) is 19.1 Å². The van der Waals surface area contributed by atoms with Crippen molar-refractivity contribution in [2.45, 2.75) is 13.8 Å². The SMILES string of the molecule is Cc1ccnc(-n2ncc3c(=O)[nH]c(C)nc32)c1. The van der Waals surface area contributed by atoms with Crippen LogP contribution in [0.4, 0.5) is 0 Å². The van der Waals surface area contributed by atoms with Gasteiger partial charge in [-0.3, -0.25) is 4.79 Å². The number of pyridine rings is 1. The van der Waals surface area contributed by atoms with Gasteiger partial charge in [-0.1, -0.05) is 0 Å². The van der Waals surface area contributed by atoms with Crippen LogP contribution >= 0.6 is 0 Å². The Hall–Kier alpha value is -2.50. The van der Waals surface area contributed by atoms with E-state index in [0.29, 0.717) is 22.7 Å². The first-order valence-electron chi connectivity index (χ1n) is 5.53. The molecule has 3 heterocycles. The molecule has 0 atom stereocenters. The first kappa shape index (κ1) is 10.6. The van der Waals surface area contributed by atoms with Gasteiger partial charge in [0.05, 0.1) is 6.20 Å². The van der Waals surface area contributed by atoms with Crippen LogP contribution in [0.15, 0.2) is 29.3 Å². The average molecular weight is 241 g/mol. The van der Waals surface area contributed by atoms with Gasteiger partial charge < -0.3 is 4.98 Å². The Bertz CT molecular complexity index is 787. The average Bonchev–Trinajstić information content (AvgIpc) is 2.72. The van der Waals surface area contributed by atoms with E-state index in [1.165, 1.54) is 6.20 Å². The summed E-state index contributed by atoms with van der Waals surface area (Å²) < 4.78 is 1.57. The van der Waals surface area contributed by atoms with Crippen molar-refractivity contribution in [2.75, 3.05) is 0 Å². The lowest BCUT2D eigenvalue weighted by Crippen LogP contribution is -2.10. The van der Waals surface area contributed by atoms with E-state index < -0.39 is 0 Å². The molecule has 6 heteroatoms. The zero-order valence-corrected chi connectivity index (χ0v) is 10.0. The molecule has 90 valence electrons. The Morgan fingerprint density at radius 1 is 1.33 bits per heavy atom. The van der Waals surface area contributed by atoms with E-state index in [-0.39, 0.29) is 5.56 Å². The molecule has 0 saturated carbocycles. The third kappa shape index (κ3) is 1.58. The molecule has 0 fully saturated rings. The van der Waals surface area contributed by atoms with Gasteiger partial charge in [0.25, 0.3) is 5.56 Å². The maximum absolute atomic E-state index is 11.7. The van der Waals surface area contributed by atoms with Crippen LogP contribution < -0.4 is 5.56 Å². The number of aromatic nitrogens is 5. The molecular weight excluding hydrogens is 230 g/mol. The van der Waals surface area contributed by atoms with Crippen molar-refractivity contribution in [1.29, 1.82) is 0 Å². The molecule has 0 spiro atoms. The fourth-order valence-electron chi connectivity index (χ4n) is 1.83. The fourth-order valence-corrected chi connectivity index (χ4v) is 1.83. The van der Waals surface area contributed by atoms with Crippen molar-refractivity contribution in [3.63, 3.8) is 0 Å². The van der Waals surface area contributed by atoms with E-state index in [4.69, 9.17) is 0 Å². The molecule has 1 N–H and O–H groups in total. The van der Waals surface area contributed by atoms with Crippen molar-refractivity contribution in [1.82, 2.24) is 24.7 Å². The summed E-state index contributed by atoms with van der Waals surface area (Å²) in [6, 6.07) is 3.80. The lowest BCUT2D eigenvalue weighted by molar-refractivity contribution is 0.855. The summed E-state index contributed by atoms with van der Waals surface area (Å²) in [6.45, 7) is 3.71. The molecule has 18 heavy (non-hydrogen) atoms. The Labute approximate surface area is 102 Å². The molecule has 0 amide bonds. The largest absolute Gasteiger partial charge is 0.310 e. The normalized spacial score (nSPS) is 11.0. The molecule has 0 aliphatic carbocycles. The van der Waals surface area contributed by atoms with Gasteiger partial charge in [-0.25, -0.2) is 9.97 Å². The summed E-state index contributed by atoms with van der Waals surface area (Å²) in [6.07, 6.45) is 3.21. The highest BCUT2D eigenvalue weighted by Crippen LogP contribution is 2.12. The minimum atomic E-state index is -0.184. The van der Waals surface area contributed by atoms with Gasteiger partial charge in [0.1, 0.15) is 11.2 Å². The number of fused-ring (bicyclic) bond motifs is 1. The highest BCUT2D eigenvalue weighted by Gasteiger charge is 2.10. The zero-order valence-electron chi connectivity index (χ0n) is 10.0. The van der Waals surface area contributed by atoms with Crippen LogP contribution in [0, 0.1) is 13.8 Å². The second-order valence-electron chi connectivity index (χ2n) is 4.14. The predicted molar refractivity (Wildman–Crippen MR) is 66.8 cm³/mol. The second kappa shape index (κ2) is 3.76. The number of hydrogen-bond donors (Lipinski definition) is 1. The quantitative estimate of drug-likeness (QED) is 0.692. The number of H-pyrrole nitrogens is 1. The Balaban J connectivity index is 2.34. The molecule has 3 aromatic heterocycles. The lowest BCUT2D eigenvalue weighted by atomic mass is 10.3. The van der Waals surface area contributed by atoms with Crippen molar-refractivity contribution in [3.8, 4) is 5.82 Å². The second-order valence-corrected chi connectivity index (χ2v) is 4.14. The molecule has 6 nitrogen and oxygen atoms in total. The van der Waals surface area contributed by atoms with Crippen molar-refractivity contribution in [2.24, 2.45) is 0 Å². The Morgan fingerprint density at radius 2 is 2.17 bits per heavy atom. The van der Waals surface area contributed by atoms with Gasteiger partial charge in [-0.05, 0) is 31.5 Å². The van der Waals surface area contributed by atoms with Crippen LogP contribution in [0.1, 0.15) is 11.4 Å². The monoisotopic (exact) mass is 241 g/mol. The molecule has 0 saturated heterocycles. The van der Waals surface area contributed by atoms with Gasteiger partial charge in [0.2, 0.25) is 0 Å². The summed E-state index contributed by atoms with van der Waals surface area (Å²) in [5.74, 6) is 1.21. The molecule has 0 aliphatic rings. The van der Waals surface area contributed by atoms with E-state index in [0.717, 1.165) is 5.56 Å². The third-order valence-corrected chi connectivity index (χ3v) is 2.67. The van der Waals surface area contributed by atoms with Gasteiger partial charge in [0, 0.05) is 6.20 Å². The highest BCUT2D eigenvalue weighted by atomic mass is 16.1. The Kier molecular flexibility index (Phi) is 2.22. The van der Waals surface area contributed by atoms with E-state index >= 15 is 0 Å². The van der Waals surface area contributed by atoms with E-state index in [1.54, 1.807) is 17.8 Å². The smallest absolute Gasteiger partial charge is 0.262 e. The van der Waals surface area contributed by atoms with Gasteiger partial charge >= 0.3 is 0 Å². The van der Waals surface area contributed by atoms with Crippen LogP contribution in [0.5, 0.6) is 0 Å². The van der Waals surface area contributed by atoms with E-state index in [9.17, 15) is 4.79 Å². The van der Waals surface area contributed by atoms with Crippen LogP contribution in [0.2, 0.25) is 0 Å². The van der Waals surface area contributed by atoms with Gasteiger partial charge in [-0.2, -0.15) is 9.78 Å². The number of aromatic amines is 1. The number of aryl methyl sites for hydroxylation is 2. The van der Waals surface area contributed by atoms with Crippen LogP contribution in [0.3, 0.4) is 0 Å². The molecule has 0 bridgehead atoms. The number of rotatable bonds is 1. The van der Waals surface area contributed by atoms with Crippen LogP contribution in [-0.4, -0.2) is 24.7 Å². The highest BCUT2D eigenvalue weighted by molar-refractivity contribution is 5.74. The summed E-state index contributed by atoms with van der Waals surface area (Å²) >= 11 is 0. The summed E-state index contributed by atoms with van der Waals surface area (Å²) in [5.41, 5.74) is 1.41. The third-order valence-electron chi connectivity index (χ3n) is 2.67. The first-order valence-corrected chi connectivity index (χ1v) is 5.53. The number of hydrogen-bond acceptors (Lipinski definition) is 4. The molecular formula is C12H11N5O. The van der Waals surface area contributed by atoms with Gasteiger partial charge in [-0.15, -0.1) is 0 Å². The molecule has 0 aromatic carbocycles. The maximum Gasteiger partial charge on any atom is 0.262 e. The minimum absolute atomic E-state index is 0.184. The fraction of sp³-hybridized carbons (Fsp3) is 0.167. The summed E-state index contributed by atoms with van der Waals surface area (Å²) in [4.78, 5) is 22.9. The van der Waals surface area contributed by atoms with Gasteiger partial charge in [0.15, 0.2) is 11.5 Å². The maximum atomic E-state index is 11.7. The molecule has 0 radical (unpaired) electrons.